The second kappa shape index (κ2) is 23.0. The van der Waals surface area contributed by atoms with Crippen molar-refractivity contribution in [2.45, 2.75) is 110 Å². The molecule has 400 valence electrons. The molecule has 2 saturated heterocycles. The Bertz CT molecular complexity index is 2810. The molecule has 3 aromatic heterocycles. The van der Waals surface area contributed by atoms with E-state index in [1.807, 2.05) is 35.2 Å². The molecule has 0 radical (unpaired) electrons. The van der Waals surface area contributed by atoms with E-state index in [4.69, 9.17) is 28.9 Å². The van der Waals surface area contributed by atoms with Gasteiger partial charge in [0.25, 0.3) is 5.91 Å². The number of anilines is 1. The van der Waals surface area contributed by atoms with Crippen molar-refractivity contribution < 1.29 is 60.8 Å². The van der Waals surface area contributed by atoms with Crippen LogP contribution < -0.4 is 15.6 Å². The Morgan fingerprint density at radius 2 is 1.69 bits per heavy atom. The van der Waals surface area contributed by atoms with Crippen LogP contribution >= 0.6 is 11.3 Å². The van der Waals surface area contributed by atoms with Crippen LogP contribution in [-0.4, -0.2) is 131 Å². The summed E-state index contributed by atoms with van der Waals surface area (Å²) in [5.74, 6) is -2.03. The van der Waals surface area contributed by atoms with Gasteiger partial charge in [-0.3, -0.25) is 19.6 Å². The number of methoxy groups -OCH3 is 2. The first-order valence-electron chi connectivity index (χ1n) is 24.3. The number of esters is 1. The summed E-state index contributed by atoms with van der Waals surface area (Å²) in [6, 6.07) is 11.5. The Hall–Kier alpha value is -6.36. The predicted molar refractivity (Wildman–Crippen MR) is 269 cm³/mol. The van der Waals surface area contributed by atoms with Gasteiger partial charge < -0.3 is 43.7 Å². The number of nitrogens with one attached hydrogen (secondary N) is 2. The number of hydrogen-bond donors (Lipinski definition) is 3. The number of halogens is 4. The highest BCUT2D eigenvalue weighted by Crippen LogP contribution is 2.44. The summed E-state index contributed by atoms with van der Waals surface area (Å²) in [7, 11) is 2.70. The Morgan fingerprint density at radius 1 is 0.973 bits per heavy atom. The van der Waals surface area contributed by atoms with Gasteiger partial charge in [-0.05, 0) is 81.7 Å². The van der Waals surface area contributed by atoms with Gasteiger partial charge in [-0.15, -0.1) is 11.3 Å². The summed E-state index contributed by atoms with van der Waals surface area (Å²) < 4.78 is 84.4. The van der Waals surface area contributed by atoms with Crippen LogP contribution in [0.25, 0.3) is 33.4 Å². The van der Waals surface area contributed by atoms with E-state index in [9.17, 15) is 37.5 Å². The number of carbonyl (C=O) groups excluding carboxylic acids is 4. The Kier molecular flexibility index (Phi) is 17.2. The number of fused-ring (bicyclic) bond motifs is 1. The van der Waals surface area contributed by atoms with Crippen LogP contribution in [0.5, 0.6) is 0 Å². The lowest BCUT2D eigenvalue weighted by Crippen LogP contribution is -2.60. The maximum Gasteiger partial charge on any atom is 0.410 e. The molecule has 0 unspecified atom stereocenters. The third-order valence-electron chi connectivity index (χ3n) is 12.8. The molecule has 0 bridgehead atoms. The number of alkyl carbamates (subject to hydrolysis) is 1. The SMILES string of the molecule is COC(=O)[C@@H]1CCCN(C(=O)[C@H](Cc2nc(-c3cc4c(CC(C)(C)CO)c(-c5cc(N6CCN(C(=O)OCc7ccccc7)CC6)cnc5[C@H](C)OC)n(CC(F)(F)F)c4cc3F)cs2)NC(=O)OC(C)(C)C)N1. The summed E-state index contributed by atoms with van der Waals surface area (Å²) in [6.07, 6.45) is -4.48. The number of alkyl halides is 3. The number of aliphatic hydroxyl groups is 1. The minimum Gasteiger partial charge on any atom is -0.468 e. The van der Waals surface area contributed by atoms with Crippen LogP contribution in [0.1, 0.15) is 82.3 Å². The number of hydrazine groups is 1. The van der Waals surface area contributed by atoms with Gasteiger partial charge in [0.15, 0.2) is 0 Å². The topological polar surface area (TPSA) is 190 Å². The monoisotopic (exact) mass is 1050 g/mol. The zero-order chi connectivity index (χ0) is 53.7. The Labute approximate surface area is 431 Å². The van der Waals surface area contributed by atoms with E-state index in [-0.39, 0.29) is 60.5 Å². The normalized spacial score (nSPS) is 16.5. The maximum atomic E-state index is 16.8. The minimum absolute atomic E-state index is 0.0436. The number of aliphatic hydroxyl groups excluding tert-OH is 1. The van der Waals surface area contributed by atoms with Crippen molar-refractivity contribution >= 4 is 52.0 Å². The summed E-state index contributed by atoms with van der Waals surface area (Å²) in [5, 5.41) is 16.6. The molecule has 2 fully saturated rings. The highest BCUT2D eigenvalue weighted by Gasteiger charge is 2.37. The zero-order valence-electron chi connectivity index (χ0n) is 42.8. The first-order chi connectivity index (χ1) is 35.0. The van der Waals surface area contributed by atoms with E-state index < -0.39 is 71.8 Å². The molecule has 17 nitrogen and oxygen atoms in total. The van der Waals surface area contributed by atoms with E-state index >= 15 is 4.39 Å². The minimum atomic E-state index is -4.78. The van der Waals surface area contributed by atoms with Gasteiger partial charge in [-0.25, -0.2) is 24.4 Å². The summed E-state index contributed by atoms with van der Waals surface area (Å²) in [4.78, 5) is 65.7. The van der Waals surface area contributed by atoms with Gasteiger partial charge in [0.1, 0.15) is 36.7 Å². The maximum absolute atomic E-state index is 16.8. The van der Waals surface area contributed by atoms with Crippen LogP contribution in [-0.2, 0) is 54.5 Å². The first-order valence-corrected chi connectivity index (χ1v) is 25.2. The molecule has 2 aliphatic rings. The van der Waals surface area contributed by atoms with Crippen molar-refractivity contribution in [3.8, 4) is 22.5 Å². The number of ether oxygens (including phenoxy) is 4. The number of piperazine rings is 1. The largest absolute Gasteiger partial charge is 0.468 e. The van der Waals surface area contributed by atoms with Crippen LogP contribution in [0.2, 0.25) is 0 Å². The molecule has 22 heteroatoms. The molecule has 7 rings (SSSR count). The lowest BCUT2D eigenvalue weighted by atomic mass is 9.84. The number of aromatic nitrogens is 3. The van der Waals surface area contributed by atoms with Crippen LogP contribution in [0, 0.1) is 11.2 Å². The summed E-state index contributed by atoms with van der Waals surface area (Å²) in [5.41, 5.74) is 3.64. The quantitative estimate of drug-likeness (QED) is 0.0486. The molecule has 0 aliphatic carbocycles. The number of amides is 3. The first kappa shape index (κ1) is 55.4. The van der Waals surface area contributed by atoms with Gasteiger partial charge >= 0.3 is 24.3 Å². The number of hydrogen-bond acceptors (Lipinski definition) is 14. The van der Waals surface area contributed by atoms with Crippen LogP contribution in [0.15, 0.2) is 60.1 Å². The van der Waals surface area contributed by atoms with Crippen molar-refractivity contribution in [1.82, 2.24) is 35.2 Å². The van der Waals surface area contributed by atoms with E-state index in [0.29, 0.717) is 66.5 Å². The molecule has 3 atom stereocenters. The van der Waals surface area contributed by atoms with Gasteiger partial charge in [0, 0.05) is 74.8 Å². The van der Waals surface area contributed by atoms with Crippen molar-refractivity contribution in [3.63, 3.8) is 0 Å². The van der Waals surface area contributed by atoms with Crippen molar-refractivity contribution in [3.05, 3.63) is 87.8 Å². The highest BCUT2D eigenvalue weighted by atomic mass is 32.1. The number of benzene rings is 2. The molecular weight excluding hydrogens is 989 g/mol. The van der Waals surface area contributed by atoms with Gasteiger partial charge in [0.05, 0.1) is 52.7 Å². The molecule has 2 aromatic carbocycles. The van der Waals surface area contributed by atoms with E-state index in [2.05, 4.69) is 10.7 Å². The number of nitrogens with zero attached hydrogens (tertiary/aromatic N) is 6. The number of pyridine rings is 1. The van der Waals surface area contributed by atoms with E-state index in [1.165, 1.54) is 25.3 Å². The molecule has 74 heavy (non-hydrogen) atoms. The standard InChI is InChI=1S/C52H64F4N8O9S/c1-31(70-7)44-36(21-33(26-57-44)61-17-19-62(20-18-61)49(69)72-27-32-13-10-9-11-14-32)45-37(25-51(5,6)30-65)34-22-35(38(53)23-42(34)63(45)29-52(54,55)56)41-28-74-43(58-41)24-40(59-48(68)73-50(2,3)4)46(66)64-16-12-15-39(60-64)47(67)71-8/h9-11,13-14,21-23,26,28,31,39-40,60,65H,12,15-20,24-25,27,29-30H2,1-8H3,(H,59,68)/t31-,39-,40-/m0/s1. The molecule has 0 spiro atoms. The zero-order valence-corrected chi connectivity index (χ0v) is 43.6. The molecular formula is C52H64F4N8O9S. The summed E-state index contributed by atoms with van der Waals surface area (Å²) in [6.45, 7) is 10.1. The molecule has 2 aliphatic heterocycles. The van der Waals surface area contributed by atoms with Gasteiger partial charge in [0.2, 0.25) is 0 Å². The average Bonchev–Trinajstić information content (AvgIpc) is 3.94. The Balaban J connectivity index is 1.28. The number of thiazole rings is 1. The fraction of sp³-hybridized carbons (Fsp3) is 0.500. The van der Waals surface area contributed by atoms with E-state index in [0.717, 1.165) is 27.5 Å². The highest BCUT2D eigenvalue weighted by molar-refractivity contribution is 7.10. The molecule has 3 amide bonds. The predicted octanol–water partition coefficient (Wildman–Crippen LogP) is 8.36. The Morgan fingerprint density at radius 3 is 2.34 bits per heavy atom. The third-order valence-corrected chi connectivity index (χ3v) is 13.7. The lowest BCUT2D eigenvalue weighted by molar-refractivity contribution is -0.150. The fourth-order valence-electron chi connectivity index (χ4n) is 9.02. The number of rotatable bonds is 16. The van der Waals surface area contributed by atoms with Crippen LogP contribution in [0.4, 0.5) is 32.8 Å². The van der Waals surface area contributed by atoms with Crippen molar-refractivity contribution in [2.24, 2.45) is 5.41 Å². The van der Waals surface area contributed by atoms with Crippen molar-refractivity contribution in [1.29, 1.82) is 0 Å². The lowest BCUT2D eigenvalue weighted by Gasteiger charge is -2.35. The molecule has 3 N–H and O–H groups in total. The number of carbonyl (C=O) groups is 4. The second-order valence-corrected chi connectivity index (χ2v) is 21.2. The molecule has 0 saturated carbocycles. The smallest absolute Gasteiger partial charge is 0.410 e. The second-order valence-electron chi connectivity index (χ2n) is 20.3. The molecule has 5 heterocycles. The average molecular weight is 1050 g/mol. The summed E-state index contributed by atoms with van der Waals surface area (Å²) >= 11 is 1.08. The molecule has 5 aromatic rings. The third kappa shape index (κ3) is 13.5. The van der Waals surface area contributed by atoms with Gasteiger partial charge in [-0.2, -0.15) is 13.2 Å². The fourth-order valence-corrected chi connectivity index (χ4v) is 9.86. The van der Waals surface area contributed by atoms with Crippen molar-refractivity contribution in [2.75, 3.05) is 58.5 Å². The van der Waals surface area contributed by atoms with E-state index in [1.54, 1.807) is 64.1 Å². The van der Waals surface area contributed by atoms with Crippen LogP contribution in [0.3, 0.4) is 0 Å². The van der Waals surface area contributed by atoms with Gasteiger partial charge in [-0.1, -0.05) is 44.2 Å².